The Morgan fingerprint density at radius 3 is 2.18 bits per heavy atom. The van der Waals surface area contributed by atoms with Crippen LogP contribution in [0.4, 0.5) is 0 Å². The van der Waals surface area contributed by atoms with E-state index in [0.29, 0.717) is 0 Å². The fourth-order valence-electron chi connectivity index (χ4n) is 4.40. The summed E-state index contributed by atoms with van der Waals surface area (Å²) in [6.45, 7) is 2.00. The first-order valence-corrected chi connectivity index (χ1v) is 12.7. The molecule has 0 atom stereocenters. The van der Waals surface area contributed by atoms with E-state index in [0.717, 1.165) is 64.5 Å². The van der Waals surface area contributed by atoms with Gasteiger partial charge in [0.15, 0.2) is 5.76 Å². The summed E-state index contributed by atoms with van der Waals surface area (Å²) in [5.74, 6) is 2.13. The van der Waals surface area contributed by atoms with E-state index in [1.807, 2.05) is 49.0 Å². The van der Waals surface area contributed by atoms with Crippen molar-refractivity contribution in [3.8, 4) is 22.5 Å². The van der Waals surface area contributed by atoms with Gasteiger partial charge >= 0.3 is 5.97 Å². The van der Waals surface area contributed by atoms with Crippen LogP contribution in [0.1, 0.15) is 35.2 Å². The molecule has 0 bridgehead atoms. The minimum Gasteiger partial charge on any atom is -0.481 e. The Hall–Kier alpha value is -3.31. The van der Waals surface area contributed by atoms with Crippen LogP contribution in [-0.2, 0) is 22.4 Å². The molecule has 0 saturated heterocycles. The minimum atomic E-state index is -0.721. The van der Waals surface area contributed by atoms with E-state index >= 15 is 0 Å². The third kappa shape index (κ3) is 4.53. The molecule has 4 aromatic rings. The highest BCUT2D eigenvalue weighted by Gasteiger charge is 2.51. The van der Waals surface area contributed by atoms with Gasteiger partial charge in [0, 0.05) is 16.9 Å². The molecule has 172 valence electrons. The molecule has 1 saturated carbocycles. The van der Waals surface area contributed by atoms with E-state index in [2.05, 4.69) is 53.7 Å². The summed E-state index contributed by atoms with van der Waals surface area (Å²) < 4.78 is 5.71. The van der Waals surface area contributed by atoms with E-state index in [-0.39, 0.29) is 0 Å². The van der Waals surface area contributed by atoms with E-state index in [4.69, 9.17) is 4.52 Å². The molecule has 0 unspecified atom stereocenters. The lowest BCUT2D eigenvalue weighted by Crippen LogP contribution is -2.19. The highest BCUT2D eigenvalue weighted by molar-refractivity contribution is 7.98. The second-order valence-electron chi connectivity index (χ2n) is 8.91. The van der Waals surface area contributed by atoms with Gasteiger partial charge in [-0.15, -0.1) is 0 Å². The second-order valence-corrected chi connectivity index (χ2v) is 10.0. The lowest BCUT2D eigenvalue weighted by molar-refractivity contribution is -0.140. The summed E-state index contributed by atoms with van der Waals surface area (Å²) in [4.78, 5) is 11.6. The van der Waals surface area contributed by atoms with Gasteiger partial charge in [-0.05, 0) is 54.2 Å². The van der Waals surface area contributed by atoms with Crippen LogP contribution >= 0.6 is 11.8 Å². The number of rotatable bonds is 9. The molecule has 5 rings (SSSR count). The third-order valence-corrected chi connectivity index (χ3v) is 7.70. The lowest BCUT2D eigenvalue weighted by atomic mass is 9.93. The van der Waals surface area contributed by atoms with Gasteiger partial charge in [-0.25, -0.2) is 0 Å². The van der Waals surface area contributed by atoms with Gasteiger partial charge in [-0.3, -0.25) is 4.79 Å². The van der Waals surface area contributed by atoms with Crippen molar-refractivity contribution in [1.29, 1.82) is 0 Å². The molecule has 3 aromatic carbocycles. The van der Waals surface area contributed by atoms with Crippen LogP contribution in [0.15, 0.2) is 83.4 Å². The highest BCUT2D eigenvalue weighted by Crippen LogP contribution is 2.48. The van der Waals surface area contributed by atoms with Gasteiger partial charge in [-0.2, -0.15) is 11.8 Å². The normalized spacial score (nSPS) is 14.1. The number of aliphatic carboxylic acids is 1. The standard InChI is InChI=1S/C29H27NO3S/c1-20-26(15-18-34-19-21-5-3-2-4-6-21)27(33-30-20)24-9-7-22(8-10-24)23-11-13-25(14-12-23)29(16-17-29)28(31)32/h2-14H,15-19H2,1H3,(H,31,32). The predicted molar refractivity (Wildman–Crippen MR) is 137 cm³/mol. The number of carboxylic acids is 1. The SMILES string of the molecule is Cc1noc(-c2ccc(-c3ccc(C4(C(=O)O)CC4)cc3)cc2)c1CCSCc1ccccc1. The quantitative estimate of drug-likeness (QED) is 0.270. The fourth-order valence-corrected chi connectivity index (χ4v) is 5.32. The average molecular weight is 470 g/mol. The van der Waals surface area contributed by atoms with Gasteiger partial charge in [-0.1, -0.05) is 84.0 Å². The summed E-state index contributed by atoms with van der Waals surface area (Å²) in [6.07, 6.45) is 2.36. The van der Waals surface area contributed by atoms with E-state index < -0.39 is 11.4 Å². The molecule has 1 aromatic heterocycles. The molecule has 0 spiro atoms. The van der Waals surface area contributed by atoms with Gasteiger partial charge in [0.1, 0.15) is 0 Å². The Bertz CT molecular complexity index is 1270. The highest BCUT2D eigenvalue weighted by atomic mass is 32.2. The van der Waals surface area contributed by atoms with Crippen molar-refractivity contribution in [1.82, 2.24) is 5.16 Å². The van der Waals surface area contributed by atoms with E-state index in [1.165, 1.54) is 11.1 Å². The largest absolute Gasteiger partial charge is 0.481 e. The van der Waals surface area contributed by atoms with Crippen molar-refractivity contribution in [2.24, 2.45) is 0 Å². The minimum absolute atomic E-state index is 0.664. The van der Waals surface area contributed by atoms with Gasteiger partial charge in [0.2, 0.25) is 0 Å². The zero-order valence-corrected chi connectivity index (χ0v) is 20.0. The van der Waals surface area contributed by atoms with Crippen LogP contribution < -0.4 is 0 Å². The summed E-state index contributed by atoms with van der Waals surface area (Å²) in [7, 11) is 0. The molecule has 5 heteroatoms. The smallest absolute Gasteiger partial charge is 0.314 e. The van der Waals surface area contributed by atoms with Crippen molar-refractivity contribution < 1.29 is 14.4 Å². The summed E-state index contributed by atoms with van der Waals surface area (Å²) in [5, 5.41) is 13.7. The molecule has 4 nitrogen and oxygen atoms in total. The topological polar surface area (TPSA) is 63.3 Å². The number of aromatic nitrogens is 1. The first-order valence-electron chi connectivity index (χ1n) is 11.6. The zero-order valence-electron chi connectivity index (χ0n) is 19.2. The Morgan fingerprint density at radius 1 is 0.941 bits per heavy atom. The van der Waals surface area contributed by atoms with Crippen molar-refractivity contribution in [3.05, 3.63) is 101 Å². The number of carbonyl (C=O) groups is 1. The monoisotopic (exact) mass is 469 g/mol. The van der Waals surface area contributed by atoms with Crippen LogP contribution in [-0.4, -0.2) is 22.0 Å². The van der Waals surface area contributed by atoms with E-state index in [1.54, 1.807) is 0 Å². The van der Waals surface area contributed by atoms with Crippen molar-refractivity contribution in [2.45, 2.75) is 37.4 Å². The Kier molecular flexibility index (Phi) is 6.29. The Balaban J connectivity index is 1.26. The number of benzene rings is 3. The molecular formula is C29H27NO3S. The number of carboxylic acid groups (broad SMARTS) is 1. The third-order valence-electron chi connectivity index (χ3n) is 6.67. The van der Waals surface area contributed by atoms with E-state index in [9.17, 15) is 9.90 Å². The maximum atomic E-state index is 11.6. The van der Waals surface area contributed by atoms with Crippen molar-refractivity contribution in [2.75, 3.05) is 5.75 Å². The van der Waals surface area contributed by atoms with Gasteiger partial charge in [0.25, 0.3) is 0 Å². The summed E-state index contributed by atoms with van der Waals surface area (Å²) in [5.41, 5.74) is 6.87. The number of thioether (sulfide) groups is 1. The van der Waals surface area contributed by atoms with Crippen molar-refractivity contribution >= 4 is 17.7 Å². The molecule has 34 heavy (non-hydrogen) atoms. The maximum Gasteiger partial charge on any atom is 0.314 e. The lowest BCUT2D eigenvalue weighted by Gasteiger charge is -2.11. The maximum absolute atomic E-state index is 11.6. The van der Waals surface area contributed by atoms with Crippen LogP contribution in [0.3, 0.4) is 0 Å². The second kappa shape index (κ2) is 9.51. The van der Waals surface area contributed by atoms with Crippen LogP contribution in [0.5, 0.6) is 0 Å². The first-order chi connectivity index (χ1) is 16.6. The predicted octanol–water partition coefficient (Wildman–Crippen LogP) is 6.91. The van der Waals surface area contributed by atoms with Gasteiger partial charge < -0.3 is 9.63 Å². The van der Waals surface area contributed by atoms with Crippen LogP contribution in [0, 0.1) is 6.92 Å². The van der Waals surface area contributed by atoms with Gasteiger partial charge in [0.05, 0.1) is 11.1 Å². The number of hydrogen-bond acceptors (Lipinski definition) is 4. The number of nitrogens with zero attached hydrogens (tertiary/aromatic N) is 1. The fraction of sp³-hybridized carbons (Fsp3) is 0.241. The van der Waals surface area contributed by atoms with Crippen LogP contribution in [0.2, 0.25) is 0 Å². The van der Waals surface area contributed by atoms with Crippen LogP contribution in [0.25, 0.3) is 22.5 Å². The average Bonchev–Trinajstić information content (AvgIpc) is 3.61. The Labute approximate surface area is 204 Å². The number of aryl methyl sites for hydroxylation is 1. The molecule has 0 amide bonds. The van der Waals surface area contributed by atoms with Crippen molar-refractivity contribution in [3.63, 3.8) is 0 Å². The molecule has 1 aliphatic rings. The summed E-state index contributed by atoms with van der Waals surface area (Å²) >= 11 is 1.92. The molecule has 1 aliphatic carbocycles. The Morgan fingerprint density at radius 2 is 1.56 bits per heavy atom. The molecule has 0 aliphatic heterocycles. The molecule has 1 heterocycles. The first kappa shape index (κ1) is 22.5. The zero-order chi connectivity index (χ0) is 23.5. The number of hydrogen-bond donors (Lipinski definition) is 1. The summed E-state index contributed by atoms with van der Waals surface area (Å²) in [6, 6.07) is 26.8. The molecule has 1 fully saturated rings. The molecular weight excluding hydrogens is 442 g/mol. The molecule has 1 N–H and O–H groups in total. The molecule has 0 radical (unpaired) electrons.